The molecule has 1 N–H and O–H groups in total. The smallest absolute Gasteiger partial charge is 0.284 e. The topological polar surface area (TPSA) is 24.1 Å². The first-order chi connectivity index (χ1) is 7.75. The summed E-state index contributed by atoms with van der Waals surface area (Å²) in [5.74, 6) is 1.46. The van der Waals surface area contributed by atoms with Crippen molar-refractivity contribution in [2.24, 2.45) is 11.8 Å². The number of hydrogen-bond donors (Lipinski definition) is 1. The molecule has 2 aliphatic carbocycles. The molecule has 2 nitrogen and oxygen atoms in total. The first-order valence-electron chi connectivity index (χ1n) is 5.76. The molecule has 2 bridgehead atoms. The molecule has 0 radical (unpaired) electrons. The van der Waals surface area contributed by atoms with Crippen molar-refractivity contribution >= 4 is 23.4 Å². The van der Waals surface area contributed by atoms with Crippen molar-refractivity contribution in [3.8, 4) is 0 Å². The van der Waals surface area contributed by atoms with Gasteiger partial charge in [-0.05, 0) is 48.9 Å². The zero-order valence-electron chi connectivity index (χ0n) is 8.92. The van der Waals surface area contributed by atoms with E-state index >= 15 is 0 Å². The number of thioether (sulfide) groups is 1. The fourth-order valence-electron chi connectivity index (χ4n) is 2.98. The van der Waals surface area contributed by atoms with Gasteiger partial charge in [-0.15, -0.1) is 11.6 Å². The molecule has 86 valence electrons. The summed E-state index contributed by atoms with van der Waals surface area (Å²) in [6.07, 6.45) is 5.55. The van der Waals surface area contributed by atoms with Gasteiger partial charge in [0, 0.05) is 27.5 Å². The highest BCUT2D eigenvalue weighted by atomic mass is 35.5. The van der Waals surface area contributed by atoms with Gasteiger partial charge in [0.05, 0.1) is 0 Å². The Balaban J connectivity index is 1.78. The SMILES string of the molecule is O[n+]1ccccc1S[C@H]1[C@@H]2CC[C@H](C2)[C@@H]1Cl. The van der Waals surface area contributed by atoms with Crippen LogP contribution in [-0.2, 0) is 0 Å². The average molecular weight is 257 g/mol. The lowest BCUT2D eigenvalue weighted by Gasteiger charge is -2.24. The van der Waals surface area contributed by atoms with Gasteiger partial charge in [-0.2, -0.15) is 0 Å². The molecule has 0 spiro atoms. The quantitative estimate of drug-likeness (QED) is 0.500. The van der Waals surface area contributed by atoms with E-state index in [1.54, 1.807) is 18.0 Å². The van der Waals surface area contributed by atoms with Gasteiger partial charge in [-0.3, -0.25) is 5.21 Å². The van der Waals surface area contributed by atoms with Crippen molar-refractivity contribution in [3.63, 3.8) is 0 Å². The molecule has 1 heterocycles. The fourth-order valence-corrected chi connectivity index (χ4v) is 4.97. The van der Waals surface area contributed by atoms with Crippen molar-refractivity contribution < 1.29 is 9.94 Å². The maximum Gasteiger partial charge on any atom is 0.291 e. The van der Waals surface area contributed by atoms with E-state index in [-0.39, 0.29) is 5.38 Å². The third-order valence-corrected chi connectivity index (χ3v) is 6.09. The lowest BCUT2D eigenvalue weighted by Crippen LogP contribution is -2.34. The number of halogens is 1. The van der Waals surface area contributed by atoms with Gasteiger partial charge in [0.15, 0.2) is 0 Å². The summed E-state index contributed by atoms with van der Waals surface area (Å²) in [6, 6.07) is 5.72. The van der Waals surface area contributed by atoms with Crippen LogP contribution in [-0.4, -0.2) is 15.8 Å². The third-order valence-electron chi connectivity index (χ3n) is 3.80. The summed E-state index contributed by atoms with van der Waals surface area (Å²) < 4.78 is 1.19. The number of hydrogen-bond acceptors (Lipinski definition) is 2. The minimum Gasteiger partial charge on any atom is -0.284 e. The van der Waals surface area contributed by atoms with E-state index in [2.05, 4.69) is 0 Å². The molecule has 1 aromatic rings. The molecule has 0 unspecified atom stereocenters. The maximum atomic E-state index is 9.68. The summed E-state index contributed by atoms with van der Waals surface area (Å²) in [6.45, 7) is 0. The first-order valence-corrected chi connectivity index (χ1v) is 7.08. The van der Waals surface area contributed by atoms with Gasteiger partial charge in [-0.1, -0.05) is 0 Å². The third kappa shape index (κ3) is 1.70. The van der Waals surface area contributed by atoms with E-state index in [9.17, 15) is 5.21 Å². The van der Waals surface area contributed by atoms with Crippen LogP contribution in [0.5, 0.6) is 0 Å². The van der Waals surface area contributed by atoms with Crippen LogP contribution in [0.25, 0.3) is 0 Å². The van der Waals surface area contributed by atoms with E-state index in [0.717, 1.165) is 10.9 Å². The van der Waals surface area contributed by atoms with Gasteiger partial charge in [-0.25, -0.2) is 0 Å². The van der Waals surface area contributed by atoms with Gasteiger partial charge < -0.3 is 0 Å². The lowest BCUT2D eigenvalue weighted by atomic mass is 10.00. The van der Waals surface area contributed by atoms with E-state index in [1.165, 1.54) is 24.0 Å². The van der Waals surface area contributed by atoms with Crippen LogP contribution in [0.2, 0.25) is 0 Å². The molecule has 2 saturated carbocycles. The molecule has 3 rings (SSSR count). The number of nitrogens with zero attached hydrogens (tertiary/aromatic N) is 1. The van der Waals surface area contributed by atoms with Gasteiger partial charge in [0.2, 0.25) is 6.20 Å². The number of pyridine rings is 1. The van der Waals surface area contributed by atoms with Crippen molar-refractivity contribution in [1.82, 2.24) is 0 Å². The Bertz CT molecular complexity index is 398. The van der Waals surface area contributed by atoms with Crippen LogP contribution in [0.1, 0.15) is 19.3 Å². The lowest BCUT2D eigenvalue weighted by molar-refractivity contribution is -0.932. The second-order valence-electron chi connectivity index (χ2n) is 4.74. The summed E-state index contributed by atoms with van der Waals surface area (Å²) in [5.41, 5.74) is 0. The van der Waals surface area contributed by atoms with Crippen LogP contribution in [0.3, 0.4) is 0 Å². The van der Waals surface area contributed by atoms with Crippen LogP contribution in [0.15, 0.2) is 29.4 Å². The molecular weight excluding hydrogens is 242 g/mol. The van der Waals surface area contributed by atoms with E-state index in [0.29, 0.717) is 11.2 Å². The molecule has 0 saturated heterocycles. The Hall–Kier alpha value is -0.410. The van der Waals surface area contributed by atoms with Crippen molar-refractivity contribution in [1.29, 1.82) is 0 Å². The monoisotopic (exact) mass is 256 g/mol. The van der Waals surface area contributed by atoms with Gasteiger partial charge in [0.25, 0.3) is 5.03 Å². The number of aromatic nitrogens is 1. The molecule has 0 amide bonds. The van der Waals surface area contributed by atoms with E-state index in [4.69, 9.17) is 11.6 Å². The summed E-state index contributed by atoms with van der Waals surface area (Å²) in [7, 11) is 0. The minimum absolute atomic E-state index is 0.281. The molecular formula is C12H15ClNOS+. The van der Waals surface area contributed by atoms with Crippen LogP contribution >= 0.6 is 23.4 Å². The molecule has 0 aliphatic heterocycles. The number of fused-ring (bicyclic) bond motifs is 2. The van der Waals surface area contributed by atoms with Crippen molar-refractivity contribution in [2.45, 2.75) is 34.9 Å². The van der Waals surface area contributed by atoms with E-state index in [1.807, 2.05) is 18.2 Å². The van der Waals surface area contributed by atoms with Crippen LogP contribution < -0.4 is 4.73 Å². The second kappa shape index (κ2) is 4.11. The molecule has 4 atom stereocenters. The number of alkyl halides is 1. The standard InChI is InChI=1S/C12H15ClNOS/c13-11-8-4-5-9(7-8)12(11)16-10-3-1-2-6-14(10)15/h1-3,6,8-9,11-12,15H,4-5,7H2/q+1/t8-,9-,11+,12+/m1/s1. The predicted octanol–water partition coefficient (Wildman–Crippen LogP) is 2.71. The largest absolute Gasteiger partial charge is 0.291 e. The Kier molecular flexibility index (Phi) is 2.76. The Morgan fingerprint density at radius 2 is 2.12 bits per heavy atom. The van der Waals surface area contributed by atoms with Crippen molar-refractivity contribution in [3.05, 3.63) is 24.4 Å². The highest BCUT2D eigenvalue weighted by Gasteiger charge is 2.48. The molecule has 0 aromatic carbocycles. The molecule has 4 heteroatoms. The summed E-state index contributed by atoms with van der Waals surface area (Å²) >= 11 is 8.20. The molecule has 1 aromatic heterocycles. The normalized spacial score (nSPS) is 36.8. The van der Waals surface area contributed by atoms with Crippen LogP contribution in [0.4, 0.5) is 0 Å². The highest BCUT2D eigenvalue weighted by Crippen LogP contribution is 2.52. The molecule has 16 heavy (non-hydrogen) atoms. The second-order valence-corrected chi connectivity index (χ2v) is 6.45. The Morgan fingerprint density at radius 1 is 1.31 bits per heavy atom. The minimum atomic E-state index is 0.281. The van der Waals surface area contributed by atoms with E-state index < -0.39 is 0 Å². The fraction of sp³-hybridized carbons (Fsp3) is 0.583. The summed E-state index contributed by atoms with van der Waals surface area (Å²) in [5, 5.41) is 11.3. The van der Waals surface area contributed by atoms with Gasteiger partial charge >= 0.3 is 0 Å². The van der Waals surface area contributed by atoms with Crippen LogP contribution in [0, 0.1) is 11.8 Å². The molecule has 2 aliphatic rings. The Labute approximate surface area is 105 Å². The zero-order valence-corrected chi connectivity index (χ0v) is 10.5. The zero-order chi connectivity index (χ0) is 11.1. The van der Waals surface area contributed by atoms with Gasteiger partial charge in [0.1, 0.15) is 0 Å². The average Bonchev–Trinajstić information content (AvgIpc) is 2.85. The Morgan fingerprint density at radius 3 is 2.81 bits per heavy atom. The highest BCUT2D eigenvalue weighted by molar-refractivity contribution is 7.99. The summed E-state index contributed by atoms with van der Waals surface area (Å²) in [4.78, 5) is 0. The number of rotatable bonds is 2. The van der Waals surface area contributed by atoms with Crippen molar-refractivity contribution in [2.75, 3.05) is 0 Å². The molecule has 2 fully saturated rings. The first kappa shape index (κ1) is 10.7. The maximum absolute atomic E-state index is 9.68. The predicted molar refractivity (Wildman–Crippen MR) is 63.9 cm³/mol.